The summed E-state index contributed by atoms with van der Waals surface area (Å²) in [6, 6.07) is 13.7. The SMILES string of the molecule is CC1(C)CSCC(Nc2ccc3cc(Br)ccc3c2)C1. The highest BCUT2D eigenvalue weighted by Gasteiger charge is 2.28. The number of benzene rings is 2. The summed E-state index contributed by atoms with van der Waals surface area (Å²) < 4.78 is 1.14. The summed E-state index contributed by atoms with van der Waals surface area (Å²) in [7, 11) is 0. The Hall–Kier alpha value is -0.670. The smallest absolute Gasteiger partial charge is 0.0357 e. The minimum atomic E-state index is 0.447. The van der Waals surface area contributed by atoms with Crippen LogP contribution in [0.15, 0.2) is 40.9 Å². The van der Waals surface area contributed by atoms with Crippen molar-refractivity contribution in [3.05, 3.63) is 40.9 Å². The fourth-order valence-electron chi connectivity index (χ4n) is 2.90. The molecule has 0 aliphatic carbocycles. The summed E-state index contributed by atoms with van der Waals surface area (Å²) in [4.78, 5) is 0. The van der Waals surface area contributed by atoms with E-state index in [0.717, 1.165) is 4.47 Å². The quantitative estimate of drug-likeness (QED) is 0.762. The number of nitrogens with one attached hydrogen (secondary N) is 1. The van der Waals surface area contributed by atoms with E-state index >= 15 is 0 Å². The predicted octanol–water partition coefficient (Wildman–Crippen LogP) is 5.55. The zero-order chi connectivity index (χ0) is 14.2. The number of halogens is 1. The summed E-state index contributed by atoms with van der Waals surface area (Å²) in [5.74, 6) is 2.48. The van der Waals surface area contributed by atoms with Crippen LogP contribution in [-0.2, 0) is 0 Å². The first-order chi connectivity index (χ1) is 9.52. The summed E-state index contributed by atoms with van der Waals surface area (Å²) in [6.07, 6.45) is 1.25. The van der Waals surface area contributed by atoms with Crippen molar-refractivity contribution >= 4 is 44.2 Å². The molecule has 0 aromatic heterocycles. The number of anilines is 1. The van der Waals surface area contributed by atoms with Gasteiger partial charge in [-0.15, -0.1) is 0 Å². The van der Waals surface area contributed by atoms with Crippen molar-refractivity contribution in [2.75, 3.05) is 16.8 Å². The second kappa shape index (κ2) is 5.61. The van der Waals surface area contributed by atoms with Crippen LogP contribution in [0.2, 0.25) is 0 Å². The summed E-state index contributed by atoms with van der Waals surface area (Å²) in [5, 5.41) is 6.28. The van der Waals surface area contributed by atoms with Crippen LogP contribution in [0.5, 0.6) is 0 Å². The molecule has 1 aliphatic rings. The van der Waals surface area contributed by atoms with Gasteiger partial charge in [-0.05, 0) is 52.6 Å². The molecule has 1 fully saturated rings. The molecule has 20 heavy (non-hydrogen) atoms. The van der Waals surface area contributed by atoms with Gasteiger partial charge in [0.1, 0.15) is 0 Å². The summed E-state index contributed by atoms with van der Waals surface area (Å²) in [6.45, 7) is 4.73. The second-order valence-electron chi connectivity index (χ2n) is 6.43. The van der Waals surface area contributed by atoms with E-state index in [1.165, 1.54) is 34.4 Å². The lowest BCUT2D eigenvalue weighted by Gasteiger charge is -2.35. The molecule has 0 radical (unpaired) electrons. The number of hydrogen-bond donors (Lipinski definition) is 1. The van der Waals surface area contributed by atoms with E-state index < -0.39 is 0 Å². The molecular weight excluding hydrogens is 330 g/mol. The molecule has 2 aromatic carbocycles. The van der Waals surface area contributed by atoms with Gasteiger partial charge >= 0.3 is 0 Å². The van der Waals surface area contributed by atoms with Crippen LogP contribution in [0.1, 0.15) is 20.3 Å². The molecule has 1 atom stereocenters. The minimum Gasteiger partial charge on any atom is -0.381 e. The lowest BCUT2D eigenvalue weighted by molar-refractivity contribution is 0.358. The molecule has 0 amide bonds. The molecule has 0 saturated carbocycles. The first kappa shape index (κ1) is 14.3. The van der Waals surface area contributed by atoms with Gasteiger partial charge < -0.3 is 5.32 Å². The van der Waals surface area contributed by atoms with E-state index in [4.69, 9.17) is 0 Å². The normalized spacial score (nSPS) is 21.9. The summed E-state index contributed by atoms with van der Waals surface area (Å²) in [5.41, 5.74) is 1.69. The molecule has 3 rings (SSSR count). The Morgan fingerprint density at radius 1 is 1.15 bits per heavy atom. The van der Waals surface area contributed by atoms with Crippen molar-refractivity contribution in [1.82, 2.24) is 0 Å². The van der Waals surface area contributed by atoms with Gasteiger partial charge in [0.15, 0.2) is 0 Å². The highest BCUT2D eigenvalue weighted by Crippen LogP contribution is 2.35. The van der Waals surface area contributed by atoms with Crippen LogP contribution in [0.3, 0.4) is 0 Å². The Bertz CT molecular complexity index is 623. The third-order valence-electron chi connectivity index (χ3n) is 3.78. The van der Waals surface area contributed by atoms with E-state index in [2.05, 4.69) is 83.3 Å². The summed E-state index contributed by atoms with van der Waals surface area (Å²) >= 11 is 5.59. The third-order valence-corrected chi connectivity index (χ3v) is 5.90. The average molecular weight is 350 g/mol. The number of fused-ring (bicyclic) bond motifs is 1. The van der Waals surface area contributed by atoms with Gasteiger partial charge in [-0.3, -0.25) is 0 Å². The Morgan fingerprint density at radius 2 is 1.90 bits per heavy atom. The maximum absolute atomic E-state index is 3.71. The maximum Gasteiger partial charge on any atom is 0.0357 e. The first-order valence-electron chi connectivity index (χ1n) is 7.05. The third kappa shape index (κ3) is 3.32. The van der Waals surface area contributed by atoms with Crippen LogP contribution in [0, 0.1) is 5.41 Å². The predicted molar refractivity (Wildman–Crippen MR) is 94.8 cm³/mol. The molecule has 1 saturated heterocycles. The van der Waals surface area contributed by atoms with E-state index in [-0.39, 0.29) is 0 Å². The molecule has 0 spiro atoms. The van der Waals surface area contributed by atoms with Gasteiger partial charge in [-0.25, -0.2) is 0 Å². The average Bonchev–Trinajstić information content (AvgIpc) is 2.38. The largest absolute Gasteiger partial charge is 0.381 e. The molecule has 1 heterocycles. The molecular formula is C17H20BrNS. The molecule has 106 valence electrons. The molecule has 1 aliphatic heterocycles. The van der Waals surface area contributed by atoms with Gasteiger partial charge in [-0.2, -0.15) is 11.8 Å². The highest BCUT2D eigenvalue weighted by atomic mass is 79.9. The molecule has 1 unspecified atom stereocenters. The standard InChI is InChI=1S/C17H20BrNS/c1-17(2)9-16(10-20-11-17)19-15-6-4-12-7-14(18)5-3-13(12)8-15/h3-8,16,19H,9-11H2,1-2H3. The van der Waals surface area contributed by atoms with Crippen molar-refractivity contribution in [2.24, 2.45) is 5.41 Å². The van der Waals surface area contributed by atoms with Crippen LogP contribution in [0.25, 0.3) is 10.8 Å². The van der Waals surface area contributed by atoms with Crippen molar-refractivity contribution in [3.63, 3.8) is 0 Å². The first-order valence-corrected chi connectivity index (χ1v) is 9.00. The fraction of sp³-hybridized carbons (Fsp3) is 0.412. The second-order valence-corrected chi connectivity index (χ2v) is 8.38. The van der Waals surface area contributed by atoms with Gasteiger partial charge in [0.2, 0.25) is 0 Å². The Morgan fingerprint density at radius 3 is 2.70 bits per heavy atom. The number of hydrogen-bond acceptors (Lipinski definition) is 2. The van der Waals surface area contributed by atoms with Crippen LogP contribution < -0.4 is 5.32 Å². The van der Waals surface area contributed by atoms with Gasteiger partial charge in [0.05, 0.1) is 0 Å². The van der Waals surface area contributed by atoms with Crippen molar-refractivity contribution < 1.29 is 0 Å². The Kier molecular flexibility index (Phi) is 4.00. The van der Waals surface area contributed by atoms with Crippen molar-refractivity contribution in [2.45, 2.75) is 26.3 Å². The minimum absolute atomic E-state index is 0.447. The number of rotatable bonds is 2. The van der Waals surface area contributed by atoms with Crippen LogP contribution in [0.4, 0.5) is 5.69 Å². The van der Waals surface area contributed by atoms with Crippen molar-refractivity contribution in [3.8, 4) is 0 Å². The van der Waals surface area contributed by atoms with E-state index in [1.807, 2.05) is 0 Å². The highest BCUT2D eigenvalue weighted by molar-refractivity contribution is 9.10. The molecule has 3 heteroatoms. The van der Waals surface area contributed by atoms with Gasteiger partial charge in [0.25, 0.3) is 0 Å². The maximum atomic E-state index is 3.71. The molecule has 1 nitrogen and oxygen atoms in total. The fourth-order valence-corrected chi connectivity index (χ4v) is 4.55. The zero-order valence-corrected chi connectivity index (χ0v) is 14.4. The van der Waals surface area contributed by atoms with Gasteiger partial charge in [0, 0.05) is 22.0 Å². The Balaban J connectivity index is 1.79. The van der Waals surface area contributed by atoms with Crippen LogP contribution in [-0.4, -0.2) is 17.5 Å². The van der Waals surface area contributed by atoms with E-state index in [9.17, 15) is 0 Å². The monoisotopic (exact) mass is 349 g/mol. The number of thioether (sulfide) groups is 1. The lowest BCUT2D eigenvalue weighted by atomic mass is 9.87. The Labute approximate surface area is 133 Å². The topological polar surface area (TPSA) is 12.0 Å². The van der Waals surface area contributed by atoms with E-state index in [0.29, 0.717) is 11.5 Å². The van der Waals surface area contributed by atoms with E-state index in [1.54, 1.807) is 0 Å². The molecule has 0 bridgehead atoms. The molecule has 2 aromatic rings. The zero-order valence-electron chi connectivity index (χ0n) is 11.9. The molecule has 1 N–H and O–H groups in total. The lowest BCUT2D eigenvalue weighted by Crippen LogP contribution is -2.35. The van der Waals surface area contributed by atoms with Gasteiger partial charge in [-0.1, -0.05) is 41.9 Å². The van der Waals surface area contributed by atoms with Crippen LogP contribution >= 0.6 is 27.7 Å². The van der Waals surface area contributed by atoms with Crippen molar-refractivity contribution in [1.29, 1.82) is 0 Å².